The quantitative estimate of drug-likeness (QED) is 0.486. The molecule has 0 N–H and O–H groups in total. The lowest BCUT2D eigenvalue weighted by Gasteiger charge is -1.99. The van der Waals surface area contributed by atoms with E-state index in [1.54, 1.807) is 0 Å². The number of halogens is 1. The summed E-state index contributed by atoms with van der Waals surface area (Å²) in [4.78, 5) is 0. The van der Waals surface area contributed by atoms with Gasteiger partial charge in [0.1, 0.15) is 0 Å². The Bertz CT molecular complexity index is 396. The van der Waals surface area contributed by atoms with Crippen molar-refractivity contribution in [2.75, 3.05) is 0 Å². The zero-order chi connectivity index (χ0) is 12.5. The summed E-state index contributed by atoms with van der Waals surface area (Å²) in [6.07, 6.45) is 7.50. The van der Waals surface area contributed by atoms with Crippen LogP contribution in [-0.2, 0) is 0 Å². The zero-order valence-corrected chi connectivity index (χ0v) is 11.6. The average molecular weight is 249 g/mol. The van der Waals surface area contributed by atoms with E-state index in [-0.39, 0.29) is 0 Å². The van der Waals surface area contributed by atoms with Gasteiger partial charge in [0, 0.05) is 17.0 Å². The smallest absolute Gasteiger partial charge is 0.0447 e. The summed E-state index contributed by atoms with van der Waals surface area (Å²) in [6.45, 7) is 4.26. The number of unbranched alkanes of at least 4 members (excludes halogenated alkanes) is 5. The molecule has 0 fully saturated rings. The number of benzene rings is 1. The van der Waals surface area contributed by atoms with Crippen LogP contribution in [0.2, 0.25) is 5.02 Å². The Morgan fingerprint density at radius 3 is 2.65 bits per heavy atom. The Morgan fingerprint density at radius 2 is 1.88 bits per heavy atom. The standard InChI is InChI=1S/C16H21Cl/c1-3-4-5-6-7-8-9-11-15-12-10-13-16(17)14(15)2/h10,12-13H,3-8H2,1-2H3. The second kappa shape index (κ2) is 8.20. The van der Waals surface area contributed by atoms with E-state index in [9.17, 15) is 0 Å². The van der Waals surface area contributed by atoms with Crippen LogP contribution < -0.4 is 0 Å². The molecule has 0 nitrogen and oxygen atoms in total. The maximum Gasteiger partial charge on any atom is 0.0447 e. The minimum absolute atomic E-state index is 0.805. The molecule has 0 spiro atoms. The van der Waals surface area contributed by atoms with Gasteiger partial charge in [-0.3, -0.25) is 0 Å². The molecule has 0 saturated heterocycles. The maximum atomic E-state index is 6.04. The first-order valence-corrected chi connectivity index (χ1v) is 6.87. The van der Waals surface area contributed by atoms with Crippen molar-refractivity contribution in [3.63, 3.8) is 0 Å². The van der Waals surface area contributed by atoms with Gasteiger partial charge < -0.3 is 0 Å². The second-order valence-corrected chi connectivity index (χ2v) is 4.79. The molecule has 0 aromatic heterocycles. The largest absolute Gasteiger partial charge is 0.0979 e. The van der Waals surface area contributed by atoms with Crippen LogP contribution in [0.5, 0.6) is 0 Å². The maximum absolute atomic E-state index is 6.04. The van der Waals surface area contributed by atoms with Crippen molar-refractivity contribution in [1.29, 1.82) is 0 Å². The van der Waals surface area contributed by atoms with Gasteiger partial charge in [0.25, 0.3) is 0 Å². The number of hydrogen-bond donors (Lipinski definition) is 0. The molecule has 0 heterocycles. The van der Waals surface area contributed by atoms with E-state index >= 15 is 0 Å². The van der Waals surface area contributed by atoms with E-state index in [4.69, 9.17) is 11.6 Å². The normalized spacial score (nSPS) is 9.82. The molecule has 17 heavy (non-hydrogen) atoms. The molecule has 0 saturated carbocycles. The summed E-state index contributed by atoms with van der Waals surface area (Å²) < 4.78 is 0. The summed E-state index contributed by atoms with van der Waals surface area (Å²) >= 11 is 6.04. The summed E-state index contributed by atoms with van der Waals surface area (Å²) in [5.74, 6) is 6.45. The summed E-state index contributed by atoms with van der Waals surface area (Å²) in [5.41, 5.74) is 2.15. The van der Waals surface area contributed by atoms with Crippen molar-refractivity contribution in [3.8, 4) is 11.8 Å². The van der Waals surface area contributed by atoms with Crippen molar-refractivity contribution in [3.05, 3.63) is 34.3 Å². The van der Waals surface area contributed by atoms with E-state index in [1.807, 2.05) is 25.1 Å². The highest BCUT2D eigenvalue weighted by Crippen LogP contribution is 2.17. The number of hydrogen-bond acceptors (Lipinski definition) is 0. The monoisotopic (exact) mass is 248 g/mol. The predicted molar refractivity (Wildman–Crippen MR) is 76.4 cm³/mol. The van der Waals surface area contributed by atoms with Crippen LogP contribution in [0.25, 0.3) is 0 Å². The van der Waals surface area contributed by atoms with Gasteiger partial charge in [-0.25, -0.2) is 0 Å². The van der Waals surface area contributed by atoms with Crippen LogP contribution in [0.3, 0.4) is 0 Å². The highest BCUT2D eigenvalue weighted by atomic mass is 35.5. The average Bonchev–Trinajstić information content (AvgIpc) is 2.33. The molecule has 0 amide bonds. The molecule has 1 aromatic carbocycles. The lowest BCUT2D eigenvalue weighted by atomic mass is 10.1. The Kier molecular flexibility index (Phi) is 6.82. The fourth-order valence-corrected chi connectivity index (χ4v) is 1.89. The fourth-order valence-electron chi connectivity index (χ4n) is 1.72. The molecule has 0 aliphatic rings. The minimum Gasteiger partial charge on any atom is -0.0979 e. The molecule has 1 heteroatoms. The van der Waals surface area contributed by atoms with E-state index in [0.717, 1.165) is 22.6 Å². The van der Waals surface area contributed by atoms with E-state index in [1.165, 1.54) is 32.1 Å². The molecular formula is C16H21Cl. The van der Waals surface area contributed by atoms with Crippen molar-refractivity contribution in [2.45, 2.75) is 52.4 Å². The SMILES string of the molecule is CCCCCCCC#Cc1cccc(Cl)c1C. The summed E-state index contributed by atoms with van der Waals surface area (Å²) in [7, 11) is 0. The Balaban J connectivity index is 2.36. The van der Waals surface area contributed by atoms with Gasteiger partial charge in [-0.05, 0) is 31.0 Å². The highest BCUT2D eigenvalue weighted by Gasteiger charge is 1.97. The predicted octanol–water partition coefficient (Wildman–Crippen LogP) is 5.36. The Labute approximate surface area is 110 Å². The van der Waals surface area contributed by atoms with Gasteiger partial charge in [0.15, 0.2) is 0 Å². The second-order valence-electron chi connectivity index (χ2n) is 4.38. The molecule has 92 valence electrons. The van der Waals surface area contributed by atoms with Crippen LogP contribution >= 0.6 is 11.6 Å². The third-order valence-electron chi connectivity index (χ3n) is 2.90. The molecule has 0 bridgehead atoms. The molecule has 1 rings (SSSR count). The van der Waals surface area contributed by atoms with E-state index in [2.05, 4.69) is 18.8 Å². The molecule has 0 aliphatic carbocycles. The lowest BCUT2D eigenvalue weighted by Crippen LogP contribution is -1.82. The first-order chi connectivity index (χ1) is 8.25. The zero-order valence-electron chi connectivity index (χ0n) is 10.9. The van der Waals surface area contributed by atoms with Gasteiger partial charge in [-0.1, -0.05) is 62.1 Å². The molecule has 0 radical (unpaired) electrons. The lowest BCUT2D eigenvalue weighted by molar-refractivity contribution is 0.641. The van der Waals surface area contributed by atoms with E-state index < -0.39 is 0 Å². The van der Waals surface area contributed by atoms with Crippen LogP contribution in [-0.4, -0.2) is 0 Å². The third kappa shape index (κ3) is 5.29. The van der Waals surface area contributed by atoms with Crippen molar-refractivity contribution >= 4 is 11.6 Å². The Hall–Kier alpha value is -0.930. The topological polar surface area (TPSA) is 0 Å². The fraction of sp³-hybridized carbons (Fsp3) is 0.500. The van der Waals surface area contributed by atoms with Gasteiger partial charge in [0.05, 0.1) is 0 Å². The number of rotatable bonds is 5. The molecule has 0 unspecified atom stereocenters. The van der Waals surface area contributed by atoms with Crippen LogP contribution in [0, 0.1) is 18.8 Å². The first kappa shape index (κ1) is 14.1. The summed E-state index contributed by atoms with van der Waals surface area (Å²) in [5, 5.41) is 0.805. The van der Waals surface area contributed by atoms with Gasteiger partial charge in [-0.15, -0.1) is 0 Å². The van der Waals surface area contributed by atoms with Crippen molar-refractivity contribution < 1.29 is 0 Å². The van der Waals surface area contributed by atoms with Crippen molar-refractivity contribution in [2.24, 2.45) is 0 Å². The highest BCUT2D eigenvalue weighted by molar-refractivity contribution is 6.31. The molecule has 0 atom stereocenters. The van der Waals surface area contributed by atoms with Crippen LogP contribution in [0.1, 0.15) is 56.6 Å². The van der Waals surface area contributed by atoms with Gasteiger partial charge >= 0.3 is 0 Å². The third-order valence-corrected chi connectivity index (χ3v) is 3.31. The molecule has 0 aliphatic heterocycles. The summed E-state index contributed by atoms with van der Waals surface area (Å²) in [6, 6.07) is 5.90. The van der Waals surface area contributed by atoms with Gasteiger partial charge in [-0.2, -0.15) is 0 Å². The van der Waals surface area contributed by atoms with Crippen LogP contribution in [0.15, 0.2) is 18.2 Å². The van der Waals surface area contributed by atoms with Gasteiger partial charge in [0.2, 0.25) is 0 Å². The first-order valence-electron chi connectivity index (χ1n) is 6.49. The Morgan fingerprint density at radius 1 is 1.12 bits per heavy atom. The van der Waals surface area contributed by atoms with Crippen LogP contribution in [0.4, 0.5) is 0 Å². The van der Waals surface area contributed by atoms with E-state index in [0.29, 0.717) is 0 Å². The minimum atomic E-state index is 0.805. The molecule has 1 aromatic rings. The van der Waals surface area contributed by atoms with Crippen molar-refractivity contribution in [1.82, 2.24) is 0 Å². The molecular weight excluding hydrogens is 228 g/mol.